The number of rotatable bonds is 9. The van der Waals surface area contributed by atoms with Gasteiger partial charge in [0, 0.05) is 31.6 Å². The molecule has 0 saturated heterocycles. The molecule has 8 heteroatoms. The molecular formula is C20H28N2O4S2. The van der Waals surface area contributed by atoms with E-state index in [0.29, 0.717) is 18.5 Å². The maximum atomic E-state index is 12.7. The summed E-state index contributed by atoms with van der Waals surface area (Å²) in [4.78, 5) is 2.24. The predicted molar refractivity (Wildman–Crippen MR) is 113 cm³/mol. The Hall–Kier alpha value is -1.90. The van der Waals surface area contributed by atoms with Crippen molar-refractivity contribution in [3.8, 4) is 0 Å². The first-order valence-corrected chi connectivity index (χ1v) is 12.5. The fourth-order valence-electron chi connectivity index (χ4n) is 3.12. The van der Waals surface area contributed by atoms with Crippen molar-refractivity contribution in [2.24, 2.45) is 0 Å². The van der Waals surface area contributed by atoms with E-state index in [1.54, 1.807) is 6.92 Å². The fourth-order valence-corrected chi connectivity index (χ4v) is 5.67. The van der Waals surface area contributed by atoms with E-state index >= 15 is 0 Å². The number of aryl methyl sites for hydroxylation is 1. The molecule has 6 nitrogen and oxygen atoms in total. The molecule has 0 radical (unpaired) electrons. The number of anilines is 1. The summed E-state index contributed by atoms with van der Waals surface area (Å²) in [5, 5.41) is 0. The zero-order chi connectivity index (χ0) is 20.9. The van der Waals surface area contributed by atoms with E-state index in [9.17, 15) is 16.8 Å². The molecule has 0 aliphatic rings. The van der Waals surface area contributed by atoms with Gasteiger partial charge < -0.3 is 4.90 Å². The second-order valence-electron chi connectivity index (χ2n) is 6.82. The quantitative estimate of drug-likeness (QED) is 0.626. The summed E-state index contributed by atoms with van der Waals surface area (Å²) in [5.41, 5.74) is 1.94. The summed E-state index contributed by atoms with van der Waals surface area (Å²) in [7, 11) is -7.31. The van der Waals surface area contributed by atoms with Gasteiger partial charge in [-0.25, -0.2) is 21.6 Å². The molecule has 0 fully saturated rings. The Bertz CT molecular complexity index is 1020. The standard InChI is InChI=1S/C20H28N2O4S2/c1-5-22(18-10-7-6-8-11-18)13-9-12-21-28(25,26)20-15-16(2)14-19(17(20)3)27(4,23)24/h6-8,10-11,14-15,21H,5,9,12-13H2,1-4H3. The van der Waals surface area contributed by atoms with E-state index in [1.165, 1.54) is 19.1 Å². The van der Waals surface area contributed by atoms with Crippen LogP contribution in [0.4, 0.5) is 5.69 Å². The minimum atomic E-state index is -3.80. The molecule has 1 N–H and O–H groups in total. The molecule has 2 aromatic rings. The highest BCUT2D eigenvalue weighted by molar-refractivity contribution is 7.91. The first-order chi connectivity index (χ1) is 13.1. The number of nitrogens with zero attached hydrogens (tertiary/aromatic N) is 1. The second-order valence-corrected chi connectivity index (χ2v) is 10.5. The second kappa shape index (κ2) is 9.07. The van der Waals surface area contributed by atoms with Gasteiger partial charge in [-0.05, 0) is 62.6 Å². The first-order valence-electron chi connectivity index (χ1n) is 9.17. The van der Waals surface area contributed by atoms with Crippen molar-refractivity contribution < 1.29 is 16.8 Å². The smallest absolute Gasteiger partial charge is 0.240 e. The molecule has 2 aromatic carbocycles. The van der Waals surface area contributed by atoms with Gasteiger partial charge in [-0.1, -0.05) is 18.2 Å². The monoisotopic (exact) mass is 424 g/mol. The van der Waals surface area contributed by atoms with Crippen LogP contribution in [0.25, 0.3) is 0 Å². The fraction of sp³-hybridized carbons (Fsp3) is 0.400. The maximum absolute atomic E-state index is 12.7. The van der Waals surface area contributed by atoms with Crippen molar-refractivity contribution >= 4 is 25.5 Å². The third-order valence-corrected chi connectivity index (χ3v) is 7.36. The van der Waals surface area contributed by atoms with E-state index in [-0.39, 0.29) is 21.9 Å². The molecule has 154 valence electrons. The van der Waals surface area contributed by atoms with Gasteiger partial charge in [0.25, 0.3) is 0 Å². The molecule has 0 bridgehead atoms. The average molecular weight is 425 g/mol. The Labute approximate surface area is 168 Å². The van der Waals surface area contributed by atoms with Crippen LogP contribution in [-0.4, -0.2) is 42.7 Å². The molecule has 0 aromatic heterocycles. The van der Waals surface area contributed by atoms with Crippen molar-refractivity contribution in [3.63, 3.8) is 0 Å². The average Bonchev–Trinajstić information content (AvgIpc) is 2.63. The molecule has 0 aliphatic carbocycles. The number of sulfonamides is 1. The van der Waals surface area contributed by atoms with Crippen LogP contribution in [0.15, 0.2) is 52.3 Å². The minimum Gasteiger partial charge on any atom is -0.372 e. The van der Waals surface area contributed by atoms with Gasteiger partial charge in [0.1, 0.15) is 0 Å². The Morgan fingerprint density at radius 1 is 0.964 bits per heavy atom. The summed E-state index contributed by atoms with van der Waals surface area (Å²) in [5.74, 6) is 0. The largest absolute Gasteiger partial charge is 0.372 e. The van der Waals surface area contributed by atoms with Crippen molar-refractivity contribution in [1.82, 2.24) is 4.72 Å². The van der Waals surface area contributed by atoms with Crippen LogP contribution in [-0.2, 0) is 19.9 Å². The molecule has 0 saturated carbocycles. The normalized spacial score (nSPS) is 12.1. The Morgan fingerprint density at radius 3 is 2.14 bits per heavy atom. The summed E-state index contributed by atoms with van der Waals surface area (Å²) in [6.45, 7) is 7.08. The van der Waals surface area contributed by atoms with Crippen LogP contribution in [0.1, 0.15) is 24.5 Å². The Morgan fingerprint density at radius 2 is 1.57 bits per heavy atom. The molecule has 0 spiro atoms. The van der Waals surface area contributed by atoms with Gasteiger partial charge in [0.05, 0.1) is 9.79 Å². The molecule has 2 rings (SSSR count). The molecular weight excluding hydrogens is 396 g/mol. The zero-order valence-electron chi connectivity index (χ0n) is 16.8. The summed E-state index contributed by atoms with van der Waals surface area (Å²) < 4.78 is 52.0. The van der Waals surface area contributed by atoms with Crippen LogP contribution in [0.3, 0.4) is 0 Å². The summed E-state index contributed by atoms with van der Waals surface area (Å²) in [6, 6.07) is 13.0. The zero-order valence-corrected chi connectivity index (χ0v) is 18.4. The highest BCUT2D eigenvalue weighted by Crippen LogP contribution is 2.25. The molecule has 28 heavy (non-hydrogen) atoms. The van der Waals surface area contributed by atoms with E-state index in [4.69, 9.17) is 0 Å². The van der Waals surface area contributed by atoms with E-state index in [0.717, 1.165) is 18.5 Å². The summed E-state index contributed by atoms with van der Waals surface area (Å²) in [6.07, 6.45) is 1.72. The van der Waals surface area contributed by atoms with Gasteiger partial charge in [0.15, 0.2) is 9.84 Å². The van der Waals surface area contributed by atoms with Crippen molar-refractivity contribution in [2.75, 3.05) is 30.8 Å². The molecule has 0 amide bonds. The van der Waals surface area contributed by atoms with Crippen LogP contribution in [0.2, 0.25) is 0 Å². The van der Waals surface area contributed by atoms with Gasteiger partial charge in [-0.2, -0.15) is 0 Å². The maximum Gasteiger partial charge on any atom is 0.240 e. The Kier molecular flexibility index (Phi) is 7.25. The van der Waals surface area contributed by atoms with Crippen LogP contribution in [0, 0.1) is 13.8 Å². The van der Waals surface area contributed by atoms with Crippen LogP contribution < -0.4 is 9.62 Å². The highest BCUT2D eigenvalue weighted by Gasteiger charge is 2.22. The lowest BCUT2D eigenvalue weighted by Gasteiger charge is -2.23. The summed E-state index contributed by atoms with van der Waals surface area (Å²) >= 11 is 0. The third kappa shape index (κ3) is 5.56. The highest BCUT2D eigenvalue weighted by atomic mass is 32.2. The van der Waals surface area contributed by atoms with Crippen molar-refractivity contribution in [3.05, 3.63) is 53.6 Å². The molecule has 0 heterocycles. The van der Waals surface area contributed by atoms with Gasteiger partial charge >= 0.3 is 0 Å². The van der Waals surface area contributed by atoms with E-state index < -0.39 is 19.9 Å². The first kappa shape index (κ1) is 22.4. The number of benzene rings is 2. The predicted octanol–water partition coefficient (Wildman–Crippen LogP) is 2.90. The number of para-hydroxylation sites is 1. The van der Waals surface area contributed by atoms with Gasteiger partial charge in [-0.3, -0.25) is 0 Å². The Balaban J connectivity index is 2.10. The van der Waals surface area contributed by atoms with Crippen LogP contribution in [0.5, 0.6) is 0 Å². The minimum absolute atomic E-state index is 0.0170. The van der Waals surface area contributed by atoms with Crippen molar-refractivity contribution in [1.29, 1.82) is 0 Å². The number of hydrogen-bond donors (Lipinski definition) is 1. The number of nitrogens with one attached hydrogen (secondary N) is 1. The van der Waals surface area contributed by atoms with Crippen LogP contribution >= 0.6 is 0 Å². The van der Waals surface area contributed by atoms with E-state index in [1.807, 2.05) is 30.3 Å². The van der Waals surface area contributed by atoms with Gasteiger partial charge in [-0.15, -0.1) is 0 Å². The third-order valence-electron chi connectivity index (χ3n) is 4.55. The van der Waals surface area contributed by atoms with Crippen molar-refractivity contribution in [2.45, 2.75) is 37.0 Å². The van der Waals surface area contributed by atoms with Gasteiger partial charge in [0.2, 0.25) is 10.0 Å². The SMILES string of the molecule is CCN(CCCNS(=O)(=O)c1cc(C)cc(S(C)(=O)=O)c1C)c1ccccc1. The molecule has 0 unspecified atom stereocenters. The molecule has 0 aliphatic heterocycles. The lowest BCUT2D eigenvalue weighted by atomic mass is 10.2. The number of hydrogen-bond acceptors (Lipinski definition) is 5. The molecule has 0 atom stereocenters. The lowest BCUT2D eigenvalue weighted by Crippen LogP contribution is -2.30. The van der Waals surface area contributed by atoms with E-state index in [2.05, 4.69) is 16.5 Å². The lowest BCUT2D eigenvalue weighted by molar-refractivity contribution is 0.577. The topological polar surface area (TPSA) is 83.6 Å². The number of sulfone groups is 1.